The van der Waals surface area contributed by atoms with Crippen molar-refractivity contribution in [3.63, 3.8) is 0 Å². The fourth-order valence-electron chi connectivity index (χ4n) is 9.40. The third kappa shape index (κ3) is 9.86. The topological polar surface area (TPSA) is 199 Å². The van der Waals surface area contributed by atoms with Gasteiger partial charge in [-0.25, -0.2) is 0 Å². The Morgan fingerprint density at radius 1 is 0.333 bits per heavy atom. The fourth-order valence-corrected chi connectivity index (χ4v) is 9.40. The highest BCUT2D eigenvalue weighted by molar-refractivity contribution is 5.61. The summed E-state index contributed by atoms with van der Waals surface area (Å²) in [7, 11) is 0. The Hall–Kier alpha value is -6.90. The first kappa shape index (κ1) is 48.6. The molecule has 0 aliphatic carbocycles. The van der Waals surface area contributed by atoms with Gasteiger partial charge >= 0.3 is 0 Å². The highest BCUT2D eigenvalue weighted by atomic mass is 16.7. The molecule has 2 aliphatic heterocycles. The molecule has 0 amide bonds. The van der Waals surface area contributed by atoms with E-state index in [1.54, 1.807) is 72.8 Å². The van der Waals surface area contributed by atoms with E-state index in [-0.39, 0.29) is 53.1 Å². The minimum absolute atomic E-state index is 0.140. The van der Waals surface area contributed by atoms with Crippen molar-refractivity contribution in [3.05, 3.63) is 214 Å². The first-order valence-electron chi connectivity index (χ1n) is 22.7. The van der Waals surface area contributed by atoms with Gasteiger partial charge in [0.15, 0.2) is 12.6 Å². The minimum atomic E-state index is -0.832. The molecule has 0 atom stereocenters. The number of phenolic OH excluding ortho intramolecular Hbond substituents is 6. The second kappa shape index (κ2) is 20.0. The molecule has 0 saturated carbocycles. The van der Waals surface area contributed by atoms with Crippen molar-refractivity contribution in [1.82, 2.24) is 0 Å². The van der Waals surface area contributed by atoms with E-state index in [9.17, 15) is 30.6 Å². The number of hydrogen-bond donors (Lipinski definition) is 8. The number of aromatic hydroxyl groups is 6. The second-order valence-corrected chi connectivity index (χ2v) is 18.4. The molecule has 2 aliphatic rings. The van der Waals surface area contributed by atoms with Crippen molar-refractivity contribution >= 4 is 0 Å². The molecule has 12 nitrogen and oxygen atoms in total. The third-order valence-corrected chi connectivity index (χ3v) is 13.9. The van der Waals surface area contributed by atoms with E-state index in [1.165, 1.54) is 0 Å². The monoisotopic (exact) mass is 934 g/mol. The van der Waals surface area contributed by atoms with Crippen LogP contribution in [-0.4, -0.2) is 93.1 Å². The van der Waals surface area contributed by atoms with E-state index in [2.05, 4.69) is 39.0 Å². The molecule has 0 bridgehead atoms. The van der Waals surface area contributed by atoms with Gasteiger partial charge in [0.2, 0.25) is 0 Å². The van der Waals surface area contributed by atoms with Crippen LogP contribution < -0.4 is 0 Å². The number of ether oxygens (including phenoxy) is 4. The maximum Gasteiger partial charge on any atom is 0.180 e. The fraction of sp³-hybridized carbons (Fsp3) is 0.263. The summed E-state index contributed by atoms with van der Waals surface area (Å²) in [5, 5.41) is 79.9. The molecule has 7 aromatic rings. The lowest BCUT2D eigenvalue weighted by Crippen LogP contribution is -2.53. The van der Waals surface area contributed by atoms with Gasteiger partial charge < -0.3 is 59.8 Å². The summed E-state index contributed by atoms with van der Waals surface area (Å²) in [6, 6.07) is 49.6. The van der Waals surface area contributed by atoms with Crippen molar-refractivity contribution in [3.8, 4) is 34.5 Å². The Balaban J connectivity index is 0.000000363. The highest BCUT2D eigenvalue weighted by Crippen LogP contribution is 2.49. The molecule has 0 unspecified atom stereocenters. The predicted molar refractivity (Wildman–Crippen MR) is 260 cm³/mol. The summed E-state index contributed by atoms with van der Waals surface area (Å²) in [5.41, 5.74) is 5.38. The lowest BCUT2D eigenvalue weighted by Gasteiger charge is -2.43. The van der Waals surface area contributed by atoms with Crippen LogP contribution in [0.3, 0.4) is 0 Å². The number of hydrogen-bond acceptors (Lipinski definition) is 12. The summed E-state index contributed by atoms with van der Waals surface area (Å²) < 4.78 is 21.2. The molecule has 2 saturated heterocycles. The molecule has 7 aromatic carbocycles. The van der Waals surface area contributed by atoms with Crippen LogP contribution in [0, 0.1) is 5.41 Å². The zero-order valence-corrected chi connectivity index (χ0v) is 38.7. The van der Waals surface area contributed by atoms with E-state index >= 15 is 0 Å². The number of rotatable bonds is 11. The maximum absolute atomic E-state index is 10.4. The van der Waals surface area contributed by atoms with Gasteiger partial charge in [-0.1, -0.05) is 91.0 Å². The molecule has 9 rings (SSSR count). The van der Waals surface area contributed by atoms with E-state index in [0.29, 0.717) is 26.4 Å². The Bertz CT molecular complexity index is 2330. The third-order valence-electron chi connectivity index (χ3n) is 13.9. The molecule has 2 heterocycles. The van der Waals surface area contributed by atoms with Crippen molar-refractivity contribution in [2.75, 3.05) is 39.6 Å². The predicted octanol–water partition coefficient (Wildman–Crippen LogP) is 8.69. The molecule has 0 aromatic heterocycles. The number of aliphatic hydroxyl groups is 2. The molecule has 8 N–H and O–H groups in total. The second-order valence-electron chi connectivity index (χ2n) is 18.4. The van der Waals surface area contributed by atoms with E-state index in [4.69, 9.17) is 29.2 Å². The van der Waals surface area contributed by atoms with Crippen molar-refractivity contribution < 1.29 is 59.8 Å². The zero-order chi connectivity index (χ0) is 49.0. The molecule has 2 fully saturated rings. The average Bonchev–Trinajstić information content (AvgIpc) is 3.37. The molecule has 69 heavy (non-hydrogen) atoms. The van der Waals surface area contributed by atoms with E-state index < -0.39 is 28.8 Å². The molecule has 1 spiro atoms. The molecular formula is C57H58O12. The van der Waals surface area contributed by atoms with Gasteiger partial charge in [0.05, 0.1) is 45.1 Å². The number of benzene rings is 7. The van der Waals surface area contributed by atoms with E-state index in [0.717, 1.165) is 50.1 Å². The minimum Gasteiger partial charge on any atom is -0.508 e. The zero-order valence-electron chi connectivity index (χ0n) is 38.7. The lowest BCUT2D eigenvalue weighted by molar-refractivity contribution is -0.310. The van der Waals surface area contributed by atoms with Crippen LogP contribution in [0.2, 0.25) is 0 Å². The van der Waals surface area contributed by atoms with Crippen LogP contribution >= 0.6 is 0 Å². The smallest absolute Gasteiger partial charge is 0.180 e. The van der Waals surface area contributed by atoms with Gasteiger partial charge in [-0.2, -0.15) is 0 Å². The maximum atomic E-state index is 10.4. The Labute approximate surface area is 401 Å². The van der Waals surface area contributed by atoms with E-state index in [1.807, 2.05) is 72.8 Å². The summed E-state index contributed by atoms with van der Waals surface area (Å²) >= 11 is 0. The van der Waals surface area contributed by atoms with Crippen LogP contribution in [0.5, 0.6) is 34.5 Å². The SMILES string of the molecule is CC(c1ccc(O)cc1)(c1ccc(O)cc1)c1cc(C(C)(c2ccc(O)cc2)c2ccc(O)cc2)cc(C(C)(c2ccc(O)cc2)c2ccc(O)cc2)c1.OCC1OCC2(CO1)COC(CO)OC2. The summed E-state index contributed by atoms with van der Waals surface area (Å²) in [6.07, 6.45) is -1.07. The Morgan fingerprint density at radius 3 is 0.667 bits per heavy atom. The van der Waals surface area contributed by atoms with Gasteiger partial charge in [0.1, 0.15) is 34.5 Å². The molecule has 12 heteroatoms. The van der Waals surface area contributed by atoms with Crippen LogP contribution in [-0.2, 0) is 35.2 Å². The normalized spacial score (nSPS) is 18.6. The lowest BCUT2D eigenvalue weighted by atomic mass is 9.63. The summed E-state index contributed by atoms with van der Waals surface area (Å²) in [5.74, 6) is 0.837. The van der Waals surface area contributed by atoms with Gasteiger partial charge in [0.25, 0.3) is 0 Å². The number of aliphatic hydroxyl groups excluding tert-OH is 2. The van der Waals surface area contributed by atoms with Gasteiger partial charge in [0, 0.05) is 16.2 Å². The summed E-state index contributed by atoms with van der Waals surface area (Å²) in [6.45, 7) is 7.87. The van der Waals surface area contributed by atoms with Crippen molar-refractivity contribution in [2.45, 2.75) is 49.6 Å². The van der Waals surface area contributed by atoms with Crippen LogP contribution in [0.4, 0.5) is 0 Å². The van der Waals surface area contributed by atoms with Crippen LogP contribution in [0.15, 0.2) is 164 Å². The Kier molecular flexibility index (Phi) is 14.1. The molecular weight excluding hydrogens is 877 g/mol. The number of phenols is 6. The summed E-state index contributed by atoms with van der Waals surface area (Å²) in [4.78, 5) is 0. The van der Waals surface area contributed by atoms with Gasteiger partial charge in [-0.05, 0) is 144 Å². The van der Waals surface area contributed by atoms with Crippen molar-refractivity contribution in [2.24, 2.45) is 5.41 Å². The first-order valence-corrected chi connectivity index (χ1v) is 22.7. The van der Waals surface area contributed by atoms with Crippen LogP contribution in [0.1, 0.15) is 70.8 Å². The van der Waals surface area contributed by atoms with Crippen molar-refractivity contribution in [1.29, 1.82) is 0 Å². The van der Waals surface area contributed by atoms with Gasteiger partial charge in [-0.3, -0.25) is 0 Å². The Morgan fingerprint density at radius 2 is 0.507 bits per heavy atom. The van der Waals surface area contributed by atoms with Crippen LogP contribution in [0.25, 0.3) is 0 Å². The average molecular weight is 935 g/mol. The quantitative estimate of drug-likeness (QED) is 0.0576. The molecule has 358 valence electrons. The standard InChI is InChI=1S/C48H42O6.C9H16O6/c1-46(31-4-16-40(49)17-5-31,32-6-18-41(50)19-7-32)37-28-38(47(2,33-8-20-42(51)21-9-33)34-10-22-43(52)23-11-34)30-39(29-37)48(3,35-12-24-44(53)25-13-35)36-14-26-45(54)27-15-36;10-1-7-12-3-9(4-13-7)5-14-8(2-11)15-6-9/h4-30,49-54H,1-3H3;7-8,10-11H,1-6H2. The highest BCUT2D eigenvalue weighted by Gasteiger charge is 2.43. The van der Waals surface area contributed by atoms with Gasteiger partial charge in [-0.15, -0.1) is 0 Å². The first-order chi connectivity index (χ1) is 33.1. The largest absolute Gasteiger partial charge is 0.508 e. The molecule has 0 radical (unpaired) electrons.